The summed E-state index contributed by atoms with van der Waals surface area (Å²) >= 11 is 0. The summed E-state index contributed by atoms with van der Waals surface area (Å²) in [5, 5.41) is 3.64. The van der Waals surface area contributed by atoms with Crippen LogP contribution < -0.4 is 11.1 Å². The lowest BCUT2D eigenvalue weighted by Crippen LogP contribution is -2.27. The number of rotatable bonds is 4. The molecule has 3 N–H and O–H groups in total. The highest BCUT2D eigenvalue weighted by molar-refractivity contribution is 5.55. The second-order valence-electron chi connectivity index (χ2n) is 5.76. The lowest BCUT2D eigenvalue weighted by atomic mass is 9.95. The van der Waals surface area contributed by atoms with Gasteiger partial charge in [-0.15, -0.1) is 0 Å². The van der Waals surface area contributed by atoms with E-state index in [2.05, 4.69) is 22.2 Å². The second kappa shape index (κ2) is 4.75. The van der Waals surface area contributed by atoms with E-state index in [-0.39, 0.29) is 0 Å². The molecule has 3 unspecified atom stereocenters. The molecule has 2 fully saturated rings. The van der Waals surface area contributed by atoms with Crippen molar-refractivity contribution in [1.82, 2.24) is 9.97 Å². The Morgan fingerprint density at radius 3 is 2.89 bits per heavy atom. The Hall–Kier alpha value is -1.32. The lowest BCUT2D eigenvalue weighted by molar-refractivity contribution is 0.438. The Morgan fingerprint density at radius 2 is 2.22 bits per heavy atom. The van der Waals surface area contributed by atoms with Gasteiger partial charge < -0.3 is 11.1 Å². The van der Waals surface area contributed by atoms with Crippen molar-refractivity contribution >= 4 is 11.6 Å². The normalized spacial score (nSPS) is 29.7. The summed E-state index contributed by atoms with van der Waals surface area (Å²) in [6, 6.07) is 0.605. The summed E-state index contributed by atoms with van der Waals surface area (Å²) in [6.45, 7) is 2.16. The minimum Gasteiger partial charge on any atom is -0.383 e. The molecule has 0 radical (unpaired) electrons. The van der Waals surface area contributed by atoms with Gasteiger partial charge in [0.15, 0.2) is 0 Å². The monoisotopic (exact) mass is 246 g/mol. The van der Waals surface area contributed by atoms with E-state index in [4.69, 9.17) is 5.73 Å². The zero-order chi connectivity index (χ0) is 12.5. The summed E-state index contributed by atoms with van der Waals surface area (Å²) in [7, 11) is 0. The number of nitrogens with zero attached hydrogens (tertiary/aromatic N) is 2. The van der Waals surface area contributed by atoms with Gasteiger partial charge in [-0.1, -0.05) is 19.8 Å². The summed E-state index contributed by atoms with van der Waals surface area (Å²) in [4.78, 5) is 8.51. The molecule has 0 amide bonds. The van der Waals surface area contributed by atoms with Crippen molar-refractivity contribution in [3.8, 4) is 0 Å². The van der Waals surface area contributed by atoms with Crippen molar-refractivity contribution in [3.63, 3.8) is 0 Å². The maximum Gasteiger partial charge on any atom is 0.134 e. The fourth-order valence-electron chi connectivity index (χ4n) is 3.64. The first-order valence-electron chi connectivity index (χ1n) is 7.13. The number of hydrogen-bond acceptors (Lipinski definition) is 4. The molecule has 18 heavy (non-hydrogen) atoms. The van der Waals surface area contributed by atoms with Crippen LogP contribution in [0.1, 0.15) is 44.6 Å². The maximum atomic E-state index is 5.97. The van der Waals surface area contributed by atoms with Crippen LogP contribution in [-0.2, 0) is 6.42 Å². The van der Waals surface area contributed by atoms with Gasteiger partial charge in [0.2, 0.25) is 0 Å². The van der Waals surface area contributed by atoms with Crippen LogP contribution in [-0.4, -0.2) is 16.0 Å². The van der Waals surface area contributed by atoms with Crippen LogP contribution in [0.25, 0.3) is 0 Å². The first-order chi connectivity index (χ1) is 8.78. The van der Waals surface area contributed by atoms with Gasteiger partial charge in [-0.25, -0.2) is 9.97 Å². The average molecular weight is 246 g/mol. The zero-order valence-corrected chi connectivity index (χ0v) is 11.0. The summed E-state index contributed by atoms with van der Waals surface area (Å²) < 4.78 is 0. The third kappa shape index (κ3) is 2.04. The number of fused-ring (bicyclic) bond motifs is 2. The van der Waals surface area contributed by atoms with Gasteiger partial charge in [-0.3, -0.25) is 0 Å². The van der Waals surface area contributed by atoms with Gasteiger partial charge in [0, 0.05) is 11.6 Å². The van der Waals surface area contributed by atoms with E-state index < -0.39 is 0 Å². The number of anilines is 2. The summed E-state index contributed by atoms with van der Waals surface area (Å²) in [5.74, 6) is 3.40. The molecular weight excluding hydrogens is 224 g/mol. The molecule has 4 heteroatoms. The Kier molecular flexibility index (Phi) is 3.10. The van der Waals surface area contributed by atoms with Crippen molar-refractivity contribution in [1.29, 1.82) is 0 Å². The number of nitrogens with two attached hydrogens (primary N) is 1. The highest BCUT2D eigenvalue weighted by atomic mass is 15.1. The van der Waals surface area contributed by atoms with E-state index in [9.17, 15) is 0 Å². The third-order valence-corrected chi connectivity index (χ3v) is 4.54. The van der Waals surface area contributed by atoms with Gasteiger partial charge in [0.25, 0.3) is 0 Å². The van der Waals surface area contributed by atoms with Crippen LogP contribution in [0, 0.1) is 11.8 Å². The Balaban J connectivity index is 1.78. The topological polar surface area (TPSA) is 63.8 Å². The van der Waals surface area contributed by atoms with Crippen LogP contribution >= 0.6 is 0 Å². The van der Waals surface area contributed by atoms with E-state index in [1.54, 1.807) is 6.33 Å². The highest BCUT2D eigenvalue weighted by Gasteiger charge is 2.39. The first-order valence-corrected chi connectivity index (χ1v) is 7.13. The van der Waals surface area contributed by atoms with E-state index in [0.717, 1.165) is 36.1 Å². The van der Waals surface area contributed by atoms with Crippen molar-refractivity contribution in [2.24, 2.45) is 11.8 Å². The van der Waals surface area contributed by atoms with Crippen molar-refractivity contribution in [2.75, 3.05) is 11.1 Å². The van der Waals surface area contributed by atoms with E-state index in [0.29, 0.717) is 11.9 Å². The standard InChI is InChI=1S/C14H22N4/c1-2-3-11-13(15)16-8-17-14(11)18-12-7-9-4-5-10(12)6-9/h8-10,12H,2-7H2,1H3,(H3,15,16,17,18). The molecule has 3 rings (SSSR count). The van der Waals surface area contributed by atoms with Gasteiger partial charge in [-0.2, -0.15) is 0 Å². The molecule has 0 spiro atoms. The summed E-state index contributed by atoms with van der Waals surface area (Å²) in [6.07, 6.45) is 9.12. The molecule has 2 saturated carbocycles. The molecule has 2 bridgehead atoms. The minimum atomic E-state index is 0.605. The zero-order valence-electron chi connectivity index (χ0n) is 11.0. The molecule has 0 saturated heterocycles. The average Bonchev–Trinajstić information content (AvgIpc) is 2.96. The van der Waals surface area contributed by atoms with Crippen LogP contribution in [0.2, 0.25) is 0 Å². The minimum absolute atomic E-state index is 0.605. The van der Waals surface area contributed by atoms with Gasteiger partial charge in [0.05, 0.1) is 0 Å². The maximum absolute atomic E-state index is 5.97. The van der Waals surface area contributed by atoms with Crippen molar-refractivity contribution in [3.05, 3.63) is 11.9 Å². The van der Waals surface area contributed by atoms with E-state index in [1.165, 1.54) is 25.7 Å². The van der Waals surface area contributed by atoms with Crippen LogP contribution in [0.4, 0.5) is 11.6 Å². The van der Waals surface area contributed by atoms with E-state index in [1.807, 2.05) is 0 Å². The fraction of sp³-hybridized carbons (Fsp3) is 0.714. The molecule has 1 heterocycles. The van der Waals surface area contributed by atoms with Gasteiger partial charge in [0.1, 0.15) is 18.0 Å². The highest BCUT2D eigenvalue weighted by Crippen LogP contribution is 2.45. The molecular formula is C14H22N4. The van der Waals surface area contributed by atoms with Crippen molar-refractivity contribution in [2.45, 2.75) is 51.5 Å². The Labute approximate surface area is 108 Å². The fourth-order valence-corrected chi connectivity index (χ4v) is 3.64. The molecule has 2 aliphatic rings. The van der Waals surface area contributed by atoms with E-state index >= 15 is 0 Å². The van der Waals surface area contributed by atoms with Crippen LogP contribution in [0.15, 0.2) is 6.33 Å². The second-order valence-corrected chi connectivity index (χ2v) is 5.76. The smallest absolute Gasteiger partial charge is 0.134 e. The number of hydrogen-bond donors (Lipinski definition) is 2. The largest absolute Gasteiger partial charge is 0.383 e. The third-order valence-electron chi connectivity index (χ3n) is 4.54. The predicted octanol–water partition coefficient (Wildman–Crippen LogP) is 2.61. The molecule has 1 aromatic heterocycles. The molecule has 98 valence electrons. The quantitative estimate of drug-likeness (QED) is 0.857. The molecule has 4 nitrogen and oxygen atoms in total. The Morgan fingerprint density at radius 1 is 1.33 bits per heavy atom. The molecule has 2 aliphatic carbocycles. The van der Waals surface area contributed by atoms with Crippen molar-refractivity contribution < 1.29 is 0 Å². The van der Waals surface area contributed by atoms with Gasteiger partial charge >= 0.3 is 0 Å². The Bertz CT molecular complexity index is 432. The molecule has 0 aliphatic heterocycles. The number of nitrogen functional groups attached to an aromatic ring is 1. The number of aromatic nitrogens is 2. The predicted molar refractivity (Wildman–Crippen MR) is 73.3 cm³/mol. The molecule has 1 aromatic rings. The summed E-state index contributed by atoms with van der Waals surface area (Å²) in [5.41, 5.74) is 7.07. The number of nitrogens with one attached hydrogen (secondary N) is 1. The lowest BCUT2D eigenvalue weighted by Gasteiger charge is -2.24. The molecule has 0 aromatic carbocycles. The first kappa shape index (κ1) is 11.8. The molecule has 3 atom stereocenters. The van der Waals surface area contributed by atoms with Crippen LogP contribution in [0.3, 0.4) is 0 Å². The SMILES string of the molecule is CCCc1c(N)ncnc1NC1CC2CCC1C2. The van der Waals surface area contributed by atoms with Gasteiger partial charge in [-0.05, 0) is 37.5 Å². The van der Waals surface area contributed by atoms with Crippen LogP contribution in [0.5, 0.6) is 0 Å².